The fourth-order valence-electron chi connectivity index (χ4n) is 1.55. The first kappa shape index (κ1) is 14.1. The van der Waals surface area contributed by atoms with Crippen LogP contribution in [-0.4, -0.2) is 0 Å². The Labute approximate surface area is 93.2 Å². The molecule has 0 radical (unpaired) electrons. The van der Waals surface area contributed by atoms with Crippen molar-refractivity contribution in [2.24, 2.45) is 5.11 Å². The van der Waals surface area contributed by atoms with Gasteiger partial charge >= 0.3 is 0 Å². The maximum Gasteiger partial charge on any atom is 0.00474 e. The molecule has 0 N–H and O–H groups in total. The number of hydrogen-bond acceptors (Lipinski definition) is 1. The largest absolute Gasteiger partial charge is 0.0823 e. The third-order valence-corrected chi connectivity index (χ3v) is 2.45. The lowest BCUT2D eigenvalue weighted by Gasteiger charge is -1.99. The zero-order valence-corrected chi connectivity index (χ0v) is 9.86. The van der Waals surface area contributed by atoms with Crippen LogP contribution in [0, 0.1) is 0 Å². The second-order valence-electron chi connectivity index (χ2n) is 3.85. The van der Waals surface area contributed by atoms with Gasteiger partial charge in [0, 0.05) is 4.91 Å². The first-order chi connectivity index (χ1) is 7.41. The van der Waals surface area contributed by atoms with Crippen molar-refractivity contribution in [2.45, 2.75) is 64.7 Å². The summed E-state index contributed by atoms with van der Waals surface area (Å²) in [7, 11) is 0. The molecule has 0 aromatic heterocycles. The van der Waals surface area contributed by atoms with E-state index in [0.29, 0.717) is 0 Å². The molecular formula is C12H23N3. The van der Waals surface area contributed by atoms with Crippen LogP contribution >= 0.6 is 0 Å². The lowest BCUT2D eigenvalue weighted by molar-refractivity contribution is 0.577. The van der Waals surface area contributed by atoms with E-state index in [1.54, 1.807) is 6.20 Å². The number of nitrogens with zero attached hydrogens (tertiary/aromatic N) is 3. The SMILES string of the molecule is CCCCCCCCCCC=CN=[N+]=[N-]. The number of unbranched alkanes of at least 4 members (excludes halogenated alkanes) is 8. The Morgan fingerprint density at radius 1 is 1.00 bits per heavy atom. The third kappa shape index (κ3) is 13.1. The minimum Gasteiger partial charge on any atom is -0.0823 e. The Kier molecular flexibility index (Phi) is 12.2. The average molecular weight is 209 g/mol. The summed E-state index contributed by atoms with van der Waals surface area (Å²) in [6.07, 6.45) is 15.2. The Bertz CT molecular complexity index is 193. The van der Waals surface area contributed by atoms with Crippen molar-refractivity contribution in [3.05, 3.63) is 22.7 Å². The highest BCUT2D eigenvalue weighted by atomic mass is 15.1. The van der Waals surface area contributed by atoms with Gasteiger partial charge in [-0.3, -0.25) is 0 Å². The molecule has 0 aliphatic heterocycles. The zero-order valence-electron chi connectivity index (χ0n) is 9.86. The molecule has 0 unspecified atom stereocenters. The molecule has 0 amide bonds. The third-order valence-electron chi connectivity index (χ3n) is 2.45. The van der Waals surface area contributed by atoms with Gasteiger partial charge in [0.25, 0.3) is 0 Å². The molecule has 0 saturated carbocycles. The molecule has 0 atom stereocenters. The maximum absolute atomic E-state index is 8.02. The molecule has 0 rings (SSSR count). The summed E-state index contributed by atoms with van der Waals surface area (Å²) >= 11 is 0. The Morgan fingerprint density at radius 2 is 1.60 bits per heavy atom. The van der Waals surface area contributed by atoms with Crippen LogP contribution in [0.15, 0.2) is 17.4 Å². The van der Waals surface area contributed by atoms with Gasteiger partial charge in [0.15, 0.2) is 0 Å². The molecule has 0 aliphatic carbocycles. The molecule has 86 valence electrons. The lowest BCUT2D eigenvalue weighted by atomic mass is 10.1. The van der Waals surface area contributed by atoms with Gasteiger partial charge in [-0.25, -0.2) is 0 Å². The second-order valence-corrected chi connectivity index (χ2v) is 3.85. The van der Waals surface area contributed by atoms with Gasteiger partial charge in [0.05, 0.1) is 0 Å². The van der Waals surface area contributed by atoms with Gasteiger partial charge in [-0.15, -0.1) is 0 Å². The molecule has 0 fully saturated rings. The molecule has 0 aromatic rings. The van der Waals surface area contributed by atoms with E-state index in [2.05, 4.69) is 16.9 Å². The summed E-state index contributed by atoms with van der Waals surface area (Å²) in [6, 6.07) is 0. The standard InChI is InChI=1S/C12H23N3/c1-2-3-4-5-6-7-8-9-10-11-12-14-15-13/h11-12H,2-10H2,1H3. The topological polar surface area (TPSA) is 48.8 Å². The van der Waals surface area contributed by atoms with Crippen LogP contribution in [0.4, 0.5) is 0 Å². The van der Waals surface area contributed by atoms with Crippen LogP contribution in [0.1, 0.15) is 64.7 Å². The van der Waals surface area contributed by atoms with Gasteiger partial charge in [-0.2, -0.15) is 0 Å². The van der Waals surface area contributed by atoms with Crippen molar-refractivity contribution in [3.8, 4) is 0 Å². The fourth-order valence-corrected chi connectivity index (χ4v) is 1.55. The first-order valence-electron chi connectivity index (χ1n) is 6.11. The van der Waals surface area contributed by atoms with E-state index in [-0.39, 0.29) is 0 Å². The lowest BCUT2D eigenvalue weighted by Crippen LogP contribution is -1.79. The van der Waals surface area contributed by atoms with E-state index < -0.39 is 0 Å². The number of hydrogen-bond donors (Lipinski definition) is 0. The quantitative estimate of drug-likeness (QED) is 0.202. The van der Waals surface area contributed by atoms with Crippen LogP contribution in [0.25, 0.3) is 10.4 Å². The minimum absolute atomic E-state index is 1.04. The van der Waals surface area contributed by atoms with Gasteiger partial charge in [-0.05, 0) is 24.6 Å². The summed E-state index contributed by atoms with van der Waals surface area (Å²) in [6.45, 7) is 2.25. The summed E-state index contributed by atoms with van der Waals surface area (Å²) in [5.41, 5.74) is 8.02. The number of rotatable bonds is 10. The van der Waals surface area contributed by atoms with Crippen molar-refractivity contribution in [1.29, 1.82) is 0 Å². The summed E-state index contributed by atoms with van der Waals surface area (Å²) in [4.78, 5) is 2.65. The maximum atomic E-state index is 8.02. The molecule has 0 aliphatic rings. The van der Waals surface area contributed by atoms with E-state index in [4.69, 9.17) is 5.53 Å². The highest BCUT2D eigenvalue weighted by molar-refractivity contribution is 4.79. The number of azide groups is 1. The highest BCUT2D eigenvalue weighted by Crippen LogP contribution is 2.09. The van der Waals surface area contributed by atoms with Crippen molar-refractivity contribution in [2.75, 3.05) is 0 Å². The van der Waals surface area contributed by atoms with Crippen LogP contribution < -0.4 is 0 Å². The van der Waals surface area contributed by atoms with Gasteiger partial charge in [0.2, 0.25) is 0 Å². The zero-order chi connectivity index (χ0) is 11.2. The first-order valence-corrected chi connectivity index (χ1v) is 6.11. The van der Waals surface area contributed by atoms with Crippen LogP contribution in [0.2, 0.25) is 0 Å². The van der Waals surface area contributed by atoms with Crippen molar-refractivity contribution >= 4 is 0 Å². The predicted octanol–water partition coefficient (Wildman–Crippen LogP) is 5.34. The van der Waals surface area contributed by atoms with Gasteiger partial charge < -0.3 is 0 Å². The van der Waals surface area contributed by atoms with E-state index >= 15 is 0 Å². The Hall–Kier alpha value is -0.950. The Morgan fingerprint density at radius 3 is 2.20 bits per heavy atom. The van der Waals surface area contributed by atoms with E-state index in [1.807, 2.05) is 6.08 Å². The van der Waals surface area contributed by atoms with Crippen molar-refractivity contribution in [3.63, 3.8) is 0 Å². The minimum atomic E-state index is 1.04. The summed E-state index contributed by atoms with van der Waals surface area (Å²) in [5.74, 6) is 0. The normalized spacial score (nSPS) is 10.5. The molecule has 0 spiro atoms. The van der Waals surface area contributed by atoms with Gasteiger partial charge in [0.1, 0.15) is 0 Å². The van der Waals surface area contributed by atoms with Crippen LogP contribution in [0.3, 0.4) is 0 Å². The number of allylic oxidation sites excluding steroid dienone is 1. The summed E-state index contributed by atoms with van der Waals surface area (Å²) in [5, 5.41) is 3.34. The molecule has 15 heavy (non-hydrogen) atoms. The van der Waals surface area contributed by atoms with E-state index in [0.717, 1.165) is 6.42 Å². The molecule has 0 saturated heterocycles. The average Bonchev–Trinajstić information content (AvgIpc) is 2.26. The molecule has 0 bridgehead atoms. The summed E-state index contributed by atoms with van der Waals surface area (Å²) < 4.78 is 0. The van der Waals surface area contributed by atoms with Crippen LogP contribution in [0.5, 0.6) is 0 Å². The van der Waals surface area contributed by atoms with Gasteiger partial charge in [-0.1, -0.05) is 63.1 Å². The van der Waals surface area contributed by atoms with E-state index in [9.17, 15) is 0 Å². The smallest absolute Gasteiger partial charge is 0.00474 e. The Balaban J connectivity index is 3.01. The van der Waals surface area contributed by atoms with Crippen molar-refractivity contribution in [1.82, 2.24) is 0 Å². The highest BCUT2D eigenvalue weighted by Gasteiger charge is 1.89. The van der Waals surface area contributed by atoms with E-state index in [1.165, 1.54) is 51.4 Å². The molecular weight excluding hydrogens is 186 g/mol. The monoisotopic (exact) mass is 209 g/mol. The molecule has 0 aromatic carbocycles. The fraction of sp³-hybridized carbons (Fsp3) is 0.833. The van der Waals surface area contributed by atoms with Crippen molar-refractivity contribution < 1.29 is 0 Å². The second kappa shape index (κ2) is 13.1. The molecule has 0 heterocycles. The predicted molar refractivity (Wildman–Crippen MR) is 65.5 cm³/mol. The van der Waals surface area contributed by atoms with Crippen LogP contribution in [-0.2, 0) is 0 Å². The molecule has 3 nitrogen and oxygen atoms in total. The molecule has 3 heteroatoms.